The van der Waals surface area contributed by atoms with Crippen LogP contribution in [0.3, 0.4) is 0 Å². The summed E-state index contributed by atoms with van der Waals surface area (Å²) < 4.78 is 2.08. The number of halogens is 1. The zero-order valence-electron chi connectivity index (χ0n) is 20.4. The minimum absolute atomic E-state index is 0.0511. The first-order chi connectivity index (χ1) is 17.8. The molecule has 0 fully saturated rings. The molecule has 0 aliphatic rings. The molecule has 0 atom stereocenters. The number of nitrogens with one attached hydrogen (secondary N) is 2. The minimum Gasteiger partial charge on any atom is -0.493 e. The number of aryl methyl sites for hydroxylation is 2. The Kier molecular flexibility index (Phi) is 6.67. The first-order valence-electron chi connectivity index (χ1n) is 11.9. The molecule has 0 saturated carbocycles. The van der Waals surface area contributed by atoms with Gasteiger partial charge in [-0.05, 0) is 56.2 Å². The third-order valence-electron chi connectivity index (χ3n) is 6.38. The Morgan fingerprint density at radius 2 is 1.70 bits per heavy atom. The fourth-order valence-corrected chi connectivity index (χ4v) is 4.90. The normalized spacial score (nSPS) is 11.8. The average molecular weight is 557 g/mol. The van der Waals surface area contributed by atoms with Crippen LogP contribution in [-0.4, -0.2) is 31.9 Å². The van der Waals surface area contributed by atoms with Crippen LogP contribution in [-0.2, 0) is 6.42 Å². The number of fused-ring (bicyclic) bond motifs is 1. The Morgan fingerprint density at radius 3 is 2.43 bits per heavy atom. The van der Waals surface area contributed by atoms with Crippen molar-refractivity contribution in [3.63, 3.8) is 0 Å². The van der Waals surface area contributed by atoms with E-state index in [-0.39, 0.29) is 5.56 Å². The minimum atomic E-state index is -0.720. The number of aromatic amines is 2. The van der Waals surface area contributed by atoms with E-state index in [1.807, 2.05) is 68.4 Å². The topological polar surface area (TPSA) is 103 Å². The predicted molar refractivity (Wildman–Crippen MR) is 150 cm³/mol. The molecule has 0 amide bonds. The summed E-state index contributed by atoms with van der Waals surface area (Å²) >= 11 is 3.54. The van der Waals surface area contributed by atoms with Crippen LogP contribution in [0, 0.1) is 13.8 Å². The lowest BCUT2D eigenvalue weighted by Gasteiger charge is -2.14. The largest absolute Gasteiger partial charge is 0.493 e. The van der Waals surface area contributed by atoms with E-state index in [4.69, 9.17) is 4.99 Å². The zero-order chi connectivity index (χ0) is 26.1. The maximum absolute atomic E-state index is 13.1. The lowest BCUT2D eigenvalue weighted by Crippen LogP contribution is -2.33. The zero-order valence-corrected chi connectivity index (χ0v) is 22.0. The predicted octanol–water partition coefficient (Wildman–Crippen LogP) is 5.17. The molecule has 0 bridgehead atoms. The van der Waals surface area contributed by atoms with E-state index in [1.54, 1.807) is 12.1 Å². The third-order valence-corrected chi connectivity index (χ3v) is 6.87. The quantitative estimate of drug-likeness (QED) is 0.251. The number of benzene rings is 3. The number of aromatic nitrogens is 3. The second-order valence-electron chi connectivity index (χ2n) is 8.89. The summed E-state index contributed by atoms with van der Waals surface area (Å²) in [6, 6.07) is 22.4. The SMILES string of the molecule is Cc1ccc(-n2c(O)c(C(=NCCc3c(C)[nH]c4ccc(Br)cc34)c3ccccc3)c(=O)[nH]c2=O)cc1. The van der Waals surface area contributed by atoms with E-state index in [9.17, 15) is 14.7 Å². The molecule has 3 N–H and O–H groups in total. The second-order valence-corrected chi connectivity index (χ2v) is 9.81. The summed E-state index contributed by atoms with van der Waals surface area (Å²) in [5, 5.41) is 12.4. The fraction of sp³-hybridized carbons (Fsp3) is 0.138. The maximum atomic E-state index is 13.1. The van der Waals surface area contributed by atoms with E-state index in [0.29, 0.717) is 29.9 Å². The summed E-state index contributed by atoms with van der Waals surface area (Å²) in [6.45, 7) is 4.32. The van der Waals surface area contributed by atoms with Crippen molar-refractivity contribution in [2.45, 2.75) is 20.3 Å². The molecule has 2 aromatic heterocycles. The van der Waals surface area contributed by atoms with Crippen molar-refractivity contribution >= 4 is 32.5 Å². The molecule has 0 spiro atoms. The molecular weight excluding hydrogens is 532 g/mol. The molecule has 8 heteroatoms. The summed E-state index contributed by atoms with van der Waals surface area (Å²) in [5.41, 5.74) is 4.20. The highest BCUT2D eigenvalue weighted by molar-refractivity contribution is 9.10. The molecule has 3 aromatic carbocycles. The second kappa shape index (κ2) is 10.1. The summed E-state index contributed by atoms with van der Waals surface area (Å²) in [4.78, 5) is 36.3. The van der Waals surface area contributed by atoms with Gasteiger partial charge in [0.25, 0.3) is 5.56 Å². The molecule has 0 saturated heterocycles. The van der Waals surface area contributed by atoms with Crippen LogP contribution in [0.2, 0.25) is 0 Å². The molecule has 5 aromatic rings. The van der Waals surface area contributed by atoms with Crippen LogP contribution in [0.1, 0.15) is 27.9 Å². The van der Waals surface area contributed by atoms with Crippen LogP contribution in [0.15, 0.2) is 91.9 Å². The molecule has 7 nitrogen and oxygen atoms in total. The van der Waals surface area contributed by atoms with Crippen molar-refractivity contribution in [3.8, 4) is 11.6 Å². The van der Waals surface area contributed by atoms with Gasteiger partial charge in [0.2, 0.25) is 5.88 Å². The van der Waals surface area contributed by atoms with Crippen molar-refractivity contribution in [3.05, 3.63) is 126 Å². The highest BCUT2D eigenvalue weighted by atomic mass is 79.9. The van der Waals surface area contributed by atoms with E-state index >= 15 is 0 Å². The molecule has 2 heterocycles. The molecule has 0 aliphatic heterocycles. The van der Waals surface area contributed by atoms with Gasteiger partial charge in [0.05, 0.1) is 11.4 Å². The van der Waals surface area contributed by atoms with Crippen LogP contribution >= 0.6 is 15.9 Å². The average Bonchev–Trinajstić information content (AvgIpc) is 3.18. The van der Waals surface area contributed by atoms with Crippen LogP contribution in [0.4, 0.5) is 0 Å². The van der Waals surface area contributed by atoms with Gasteiger partial charge in [-0.2, -0.15) is 0 Å². The van der Waals surface area contributed by atoms with Gasteiger partial charge in [-0.25, -0.2) is 9.36 Å². The van der Waals surface area contributed by atoms with Gasteiger partial charge < -0.3 is 10.1 Å². The Labute approximate surface area is 221 Å². The number of aliphatic imine (C=N–C) groups is 1. The van der Waals surface area contributed by atoms with E-state index in [2.05, 4.69) is 32.0 Å². The lowest BCUT2D eigenvalue weighted by molar-refractivity contribution is 0.430. The van der Waals surface area contributed by atoms with E-state index in [0.717, 1.165) is 36.8 Å². The van der Waals surface area contributed by atoms with Crippen LogP contribution < -0.4 is 11.2 Å². The molecule has 186 valence electrons. The van der Waals surface area contributed by atoms with Crippen molar-refractivity contribution in [1.29, 1.82) is 0 Å². The van der Waals surface area contributed by atoms with E-state index in [1.165, 1.54) is 0 Å². The van der Waals surface area contributed by atoms with Gasteiger partial charge in [0, 0.05) is 33.2 Å². The fourth-order valence-electron chi connectivity index (χ4n) is 4.54. The molecule has 0 radical (unpaired) electrons. The van der Waals surface area contributed by atoms with Crippen molar-refractivity contribution in [2.75, 3.05) is 6.54 Å². The van der Waals surface area contributed by atoms with Gasteiger partial charge in [-0.15, -0.1) is 0 Å². The first kappa shape index (κ1) is 24.5. The summed E-state index contributed by atoms with van der Waals surface area (Å²) in [7, 11) is 0. The smallest absolute Gasteiger partial charge is 0.335 e. The van der Waals surface area contributed by atoms with Gasteiger partial charge in [0.1, 0.15) is 5.56 Å². The standard InChI is InChI=1S/C29H25BrN4O3/c1-17-8-11-21(12-9-17)34-28(36)25(27(35)33-29(34)37)26(19-6-4-3-5-7-19)31-15-14-22-18(2)32-24-13-10-20(30)16-23(22)24/h3-13,16,32,36H,14-15H2,1-2H3,(H,33,35,37). The number of hydrogen-bond donors (Lipinski definition) is 3. The molecule has 5 rings (SSSR count). The van der Waals surface area contributed by atoms with Crippen molar-refractivity contribution in [1.82, 2.24) is 14.5 Å². The number of hydrogen-bond acceptors (Lipinski definition) is 4. The Hall–Kier alpha value is -4.17. The molecular formula is C29H25BrN4O3. The Balaban J connectivity index is 1.62. The van der Waals surface area contributed by atoms with Gasteiger partial charge >= 0.3 is 5.69 Å². The number of nitrogens with zero attached hydrogens (tertiary/aromatic N) is 2. The third kappa shape index (κ3) is 4.80. The van der Waals surface area contributed by atoms with Crippen molar-refractivity contribution in [2.24, 2.45) is 4.99 Å². The van der Waals surface area contributed by atoms with E-state index < -0.39 is 17.1 Å². The summed E-state index contributed by atoms with van der Waals surface area (Å²) in [6.07, 6.45) is 0.620. The monoisotopic (exact) mass is 556 g/mol. The van der Waals surface area contributed by atoms with Crippen LogP contribution in [0.25, 0.3) is 16.6 Å². The first-order valence-corrected chi connectivity index (χ1v) is 12.6. The Bertz CT molecular complexity index is 1750. The molecule has 0 aliphatic carbocycles. The van der Waals surface area contributed by atoms with Crippen LogP contribution in [0.5, 0.6) is 5.88 Å². The molecule has 37 heavy (non-hydrogen) atoms. The highest BCUT2D eigenvalue weighted by Crippen LogP contribution is 2.26. The van der Waals surface area contributed by atoms with Gasteiger partial charge in [0.15, 0.2) is 0 Å². The van der Waals surface area contributed by atoms with Gasteiger partial charge in [-0.1, -0.05) is 64.0 Å². The maximum Gasteiger partial charge on any atom is 0.335 e. The number of aromatic hydroxyl groups is 1. The molecule has 0 unspecified atom stereocenters. The van der Waals surface area contributed by atoms with Gasteiger partial charge in [-0.3, -0.25) is 14.8 Å². The van der Waals surface area contributed by atoms with Crippen molar-refractivity contribution < 1.29 is 5.11 Å². The highest BCUT2D eigenvalue weighted by Gasteiger charge is 2.21. The lowest BCUT2D eigenvalue weighted by atomic mass is 10.0. The Morgan fingerprint density at radius 1 is 0.973 bits per heavy atom. The summed E-state index contributed by atoms with van der Waals surface area (Å²) in [5.74, 6) is -0.451. The number of H-pyrrole nitrogens is 2. The number of rotatable bonds is 6.